The average molecular weight is 309 g/mol. The molecule has 0 unspecified atom stereocenters. The van der Waals surface area contributed by atoms with Crippen molar-refractivity contribution < 1.29 is 4.79 Å². The summed E-state index contributed by atoms with van der Waals surface area (Å²) in [6, 6.07) is 0. The predicted octanol–water partition coefficient (Wildman–Crippen LogP) is 0.969. The van der Waals surface area contributed by atoms with Crippen LogP contribution in [0.3, 0.4) is 0 Å². The second-order valence-electron chi connectivity index (χ2n) is 5.06. The Kier molecular flexibility index (Phi) is 5.26. The van der Waals surface area contributed by atoms with Gasteiger partial charge >= 0.3 is 5.69 Å². The molecule has 0 aliphatic heterocycles. The van der Waals surface area contributed by atoms with Gasteiger partial charge in [0.2, 0.25) is 5.91 Å². The first-order chi connectivity index (χ1) is 10.0. The van der Waals surface area contributed by atoms with Crippen LogP contribution in [-0.2, 0) is 17.6 Å². The van der Waals surface area contributed by atoms with Crippen LogP contribution in [0.4, 0.5) is 0 Å². The first-order valence-corrected chi connectivity index (χ1v) is 7.77. The Hall–Kier alpha value is -1.96. The van der Waals surface area contributed by atoms with E-state index in [1.807, 2.05) is 5.38 Å². The van der Waals surface area contributed by atoms with Crippen LogP contribution >= 0.6 is 11.3 Å². The molecule has 0 bridgehead atoms. The number of aromatic nitrogens is 4. The number of carbonyl (C=O) groups excluding carboxylic acids is 1. The third-order valence-electron chi connectivity index (χ3n) is 2.91. The Labute approximate surface area is 126 Å². The first kappa shape index (κ1) is 15.4. The molecule has 3 N–H and O–H groups in total. The zero-order valence-electron chi connectivity index (χ0n) is 12.1. The molecule has 0 saturated carbocycles. The quantitative estimate of drug-likeness (QED) is 0.709. The molecule has 21 heavy (non-hydrogen) atoms. The van der Waals surface area contributed by atoms with E-state index < -0.39 is 0 Å². The molecule has 0 spiro atoms. The van der Waals surface area contributed by atoms with Crippen molar-refractivity contribution in [3.63, 3.8) is 0 Å². The van der Waals surface area contributed by atoms with E-state index in [9.17, 15) is 9.59 Å². The van der Waals surface area contributed by atoms with Gasteiger partial charge in [0.1, 0.15) is 5.82 Å². The molecule has 2 heterocycles. The number of nitrogens with zero attached hydrogens (tertiary/aromatic N) is 2. The van der Waals surface area contributed by atoms with Gasteiger partial charge in [-0.3, -0.25) is 9.78 Å². The number of hydrogen-bond acceptors (Lipinski definition) is 5. The van der Waals surface area contributed by atoms with Crippen molar-refractivity contribution in [2.75, 3.05) is 6.54 Å². The zero-order chi connectivity index (χ0) is 15.2. The van der Waals surface area contributed by atoms with Crippen LogP contribution in [0.1, 0.15) is 42.7 Å². The highest BCUT2D eigenvalue weighted by Gasteiger charge is 2.07. The summed E-state index contributed by atoms with van der Waals surface area (Å²) in [5, 5.41) is 12.0. The minimum atomic E-state index is -0.352. The van der Waals surface area contributed by atoms with Crippen LogP contribution in [0.5, 0.6) is 0 Å². The van der Waals surface area contributed by atoms with Gasteiger partial charge in [-0.25, -0.2) is 14.9 Å². The number of H-pyrrole nitrogens is 2. The van der Waals surface area contributed by atoms with Crippen molar-refractivity contribution in [1.29, 1.82) is 0 Å². The number of hydrogen-bond donors (Lipinski definition) is 3. The van der Waals surface area contributed by atoms with Crippen LogP contribution in [0.25, 0.3) is 0 Å². The summed E-state index contributed by atoms with van der Waals surface area (Å²) in [6.45, 7) is 4.80. The Morgan fingerprint density at radius 1 is 1.43 bits per heavy atom. The molecule has 0 atom stereocenters. The third kappa shape index (κ3) is 4.82. The van der Waals surface area contributed by atoms with Crippen LogP contribution in [0.2, 0.25) is 0 Å². The molecule has 0 fully saturated rings. The summed E-state index contributed by atoms with van der Waals surface area (Å²) >= 11 is 1.66. The molecule has 114 valence electrons. The van der Waals surface area contributed by atoms with E-state index in [1.165, 1.54) is 0 Å². The van der Waals surface area contributed by atoms with Gasteiger partial charge < -0.3 is 5.32 Å². The molecule has 0 aliphatic rings. The van der Waals surface area contributed by atoms with Crippen LogP contribution in [0, 0.1) is 0 Å². The lowest BCUT2D eigenvalue weighted by Gasteiger charge is -2.03. The highest BCUT2D eigenvalue weighted by Crippen LogP contribution is 2.19. The summed E-state index contributed by atoms with van der Waals surface area (Å²) in [4.78, 5) is 29.5. The lowest BCUT2D eigenvalue weighted by Crippen LogP contribution is -2.26. The van der Waals surface area contributed by atoms with Gasteiger partial charge in [0, 0.05) is 37.1 Å². The fraction of sp³-hybridized carbons (Fsp3) is 0.538. The molecular formula is C13H19N5O2S. The van der Waals surface area contributed by atoms with Crippen LogP contribution in [0.15, 0.2) is 10.2 Å². The molecule has 0 aromatic carbocycles. The van der Waals surface area contributed by atoms with Crippen molar-refractivity contribution >= 4 is 17.2 Å². The number of amides is 1. The second kappa shape index (κ2) is 7.16. The summed E-state index contributed by atoms with van der Waals surface area (Å²) in [7, 11) is 0. The minimum Gasteiger partial charge on any atom is -0.356 e. The van der Waals surface area contributed by atoms with Crippen molar-refractivity contribution in [3.05, 3.63) is 32.4 Å². The number of thiazole rings is 1. The Morgan fingerprint density at radius 3 is 2.86 bits per heavy atom. The fourth-order valence-corrected chi connectivity index (χ4v) is 2.65. The van der Waals surface area contributed by atoms with Gasteiger partial charge in [-0.2, -0.15) is 5.10 Å². The van der Waals surface area contributed by atoms with Gasteiger partial charge in [0.05, 0.1) is 10.7 Å². The van der Waals surface area contributed by atoms with Crippen molar-refractivity contribution in [2.45, 2.75) is 39.0 Å². The summed E-state index contributed by atoms with van der Waals surface area (Å²) in [6.07, 6.45) is 1.45. The predicted molar refractivity (Wildman–Crippen MR) is 80.4 cm³/mol. The third-order valence-corrected chi connectivity index (χ3v) is 4.10. The first-order valence-electron chi connectivity index (χ1n) is 6.89. The molecule has 7 nitrogen and oxygen atoms in total. The number of nitrogens with one attached hydrogen (secondary N) is 3. The maximum absolute atomic E-state index is 11.7. The van der Waals surface area contributed by atoms with Gasteiger partial charge in [-0.1, -0.05) is 13.8 Å². The zero-order valence-corrected chi connectivity index (χ0v) is 12.9. The SMILES string of the molecule is CC(C)c1nc(CCNC(=O)CCc2n[nH]c(=O)[nH]2)cs1. The molecule has 0 saturated heterocycles. The molecule has 8 heteroatoms. The van der Waals surface area contributed by atoms with Crippen molar-refractivity contribution in [3.8, 4) is 0 Å². The second-order valence-corrected chi connectivity index (χ2v) is 5.95. The van der Waals surface area contributed by atoms with Crippen molar-refractivity contribution in [2.24, 2.45) is 0 Å². The molecule has 2 aromatic rings. The summed E-state index contributed by atoms with van der Waals surface area (Å²) in [5.41, 5.74) is 0.663. The lowest BCUT2D eigenvalue weighted by atomic mass is 10.2. The Bertz CT molecular complexity index is 643. The molecule has 0 radical (unpaired) electrons. The topological polar surface area (TPSA) is 104 Å². The smallest absolute Gasteiger partial charge is 0.340 e. The summed E-state index contributed by atoms with van der Waals surface area (Å²) in [5.74, 6) is 0.878. The van der Waals surface area contributed by atoms with Crippen molar-refractivity contribution in [1.82, 2.24) is 25.5 Å². The standard InChI is InChI=1S/C13H19N5O2S/c1-8(2)12-15-9(7-21-12)5-6-14-11(19)4-3-10-16-13(20)18-17-10/h7-8H,3-6H2,1-2H3,(H,14,19)(H2,16,17,18,20). The molecular weight excluding hydrogens is 290 g/mol. The van der Waals surface area contributed by atoms with E-state index in [-0.39, 0.29) is 11.6 Å². The van der Waals surface area contributed by atoms with Crippen LogP contribution < -0.4 is 11.0 Å². The fourth-order valence-electron chi connectivity index (χ4n) is 1.78. The maximum Gasteiger partial charge on any atom is 0.340 e. The van der Waals surface area contributed by atoms with E-state index >= 15 is 0 Å². The van der Waals surface area contributed by atoms with Gasteiger partial charge in [-0.15, -0.1) is 11.3 Å². The normalized spacial score (nSPS) is 11.0. The highest BCUT2D eigenvalue weighted by atomic mass is 32.1. The van der Waals surface area contributed by atoms with Gasteiger partial charge in [-0.05, 0) is 0 Å². The molecule has 2 aromatic heterocycles. The number of aryl methyl sites for hydroxylation is 1. The molecule has 1 amide bonds. The lowest BCUT2D eigenvalue weighted by molar-refractivity contribution is -0.121. The number of aromatic amines is 2. The maximum atomic E-state index is 11.7. The van der Waals surface area contributed by atoms with E-state index in [0.29, 0.717) is 31.1 Å². The Balaban J connectivity index is 1.67. The average Bonchev–Trinajstić information content (AvgIpc) is 3.05. The van der Waals surface area contributed by atoms with Crippen LogP contribution in [-0.4, -0.2) is 32.6 Å². The van der Waals surface area contributed by atoms with E-state index in [0.717, 1.165) is 17.1 Å². The number of carbonyl (C=O) groups is 1. The summed E-state index contributed by atoms with van der Waals surface area (Å²) < 4.78 is 0. The molecule has 2 rings (SSSR count). The highest BCUT2D eigenvalue weighted by molar-refractivity contribution is 7.09. The minimum absolute atomic E-state index is 0.0573. The van der Waals surface area contributed by atoms with Gasteiger partial charge in [0.15, 0.2) is 0 Å². The van der Waals surface area contributed by atoms with Gasteiger partial charge in [0.25, 0.3) is 0 Å². The Morgan fingerprint density at radius 2 is 2.24 bits per heavy atom. The van der Waals surface area contributed by atoms with E-state index in [1.54, 1.807) is 11.3 Å². The van der Waals surface area contributed by atoms with E-state index in [4.69, 9.17) is 0 Å². The molecule has 0 aliphatic carbocycles. The monoisotopic (exact) mass is 309 g/mol. The van der Waals surface area contributed by atoms with E-state index in [2.05, 4.69) is 39.3 Å². The largest absolute Gasteiger partial charge is 0.356 e. The number of rotatable bonds is 7.